The molecule has 0 amide bonds. The van der Waals surface area contributed by atoms with E-state index in [1.54, 1.807) is 6.34 Å². The SMILES string of the molecule is C1=Nc2cc3c(nc2=N1)CCC1CCNC=31. The van der Waals surface area contributed by atoms with Gasteiger partial charge in [-0.15, -0.1) is 0 Å². The average molecular weight is 212 g/mol. The van der Waals surface area contributed by atoms with E-state index in [2.05, 4.69) is 26.4 Å². The molecule has 0 spiro atoms. The maximum absolute atomic E-state index is 4.60. The summed E-state index contributed by atoms with van der Waals surface area (Å²) in [5.41, 5.74) is 4.28. The van der Waals surface area contributed by atoms with Gasteiger partial charge in [0.1, 0.15) is 12.0 Å². The van der Waals surface area contributed by atoms with Gasteiger partial charge in [0.05, 0.1) is 5.69 Å². The van der Waals surface area contributed by atoms with Gasteiger partial charge in [-0.1, -0.05) is 0 Å². The molecule has 0 saturated carbocycles. The number of rotatable bonds is 0. The summed E-state index contributed by atoms with van der Waals surface area (Å²) >= 11 is 0. The number of aryl methyl sites for hydroxylation is 1. The van der Waals surface area contributed by atoms with Gasteiger partial charge in [0.25, 0.3) is 0 Å². The third-order valence-electron chi connectivity index (χ3n) is 3.68. The number of hydrogen-bond acceptors (Lipinski definition) is 4. The van der Waals surface area contributed by atoms with Gasteiger partial charge in [0.15, 0.2) is 5.49 Å². The lowest BCUT2D eigenvalue weighted by Gasteiger charge is -2.18. The standard InChI is InChI=1S/C12H12N4/c1-2-9-8(11-7(1)3-4-13-11)5-10-12(16-9)15-6-14-10/h5-7,13H,1-4H2. The second-order valence-corrected chi connectivity index (χ2v) is 4.56. The molecule has 0 bridgehead atoms. The fraction of sp³-hybridized carbons (Fsp3) is 0.417. The highest BCUT2D eigenvalue weighted by Crippen LogP contribution is 2.27. The Labute approximate surface area is 92.8 Å². The Kier molecular flexibility index (Phi) is 1.53. The molecule has 1 unspecified atom stereocenters. The van der Waals surface area contributed by atoms with Crippen LogP contribution in [0.15, 0.2) is 16.1 Å². The molecule has 2 aliphatic heterocycles. The first-order valence-corrected chi connectivity index (χ1v) is 5.80. The highest BCUT2D eigenvalue weighted by Gasteiger charge is 2.26. The number of aliphatic imine (C=N–C) groups is 1. The molecule has 0 radical (unpaired) electrons. The predicted octanol–water partition coefficient (Wildman–Crippen LogP) is 0.0385. The average Bonchev–Trinajstić information content (AvgIpc) is 2.94. The zero-order valence-corrected chi connectivity index (χ0v) is 8.90. The van der Waals surface area contributed by atoms with E-state index < -0.39 is 0 Å². The monoisotopic (exact) mass is 212 g/mol. The van der Waals surface area contributed by atoms with Gasteiger partial charge >= 0.3 is 0 Å². The molecule has 4 heteroatoms. The minimum Gasteiger partial charge on any atom is -0.388 e. The molecule has 3 heterocycles. The summed E-state index contributed by atoms with van der Waals surface area (Å²) in [6.45, 7) is 1.10. The van der Waals surface area contributed by atoms with Crippen LogP contribution in [0.25, 0.3) is 5.70 Å². The molecule has 0 aromatic carbocycles. The Balaban J connectivity index is 2.08. The molecule has 1 N–H and O–H groups in total. The molecule has 1 aliphatic carbocycles. The van der Waals surface area contributed by atoms with Gasteiger partial charge in [-0.05, 0) is 25.3 Å². The van der Waals surface area contributed by atoms with Crippen molar-refractivity contribution in [3.8, 4) is 0 Å². The Bertz CT molecular complexity index is 615. The van der Waals surface area contributed by atoms with Crippen molar-refractivity contribution in [2.24, 2.45) is 15.9 Å². The van der Waals surface area contributed by atoms with E-state index in [1.807, 2.05) is 0 Å². The number of nitrogens with one attached hydrogen (secondary N) is 1. The van der Waals surface area contributed by atoms with Crippen LogP contribution in [0.2, 0.25) is 0 Å². The van der Waals surface area contributed by atoms with Crippen molar-refractivity contribution in [3.63, 3.8) is 0 Å². The van der Waals surface area contributed by atoms with E-state index in [9.17, 15) is 0 Å². The second-order valence-electron chi connectivity index (χ2n) is 4.56. The number of hydrogen-bond donors (Lipinski definition) is 1. The van der Waals surface area contributed by atoms with Gasteiger partial charge in [0.2, 0.25) is 0 Å². The summed E-state index contributed by atoms with van der Waals surface area (Å²) in [4.78, 5) is 13.0. The highest BCUT2D eigenvalue weighted by atomic mass is 15.0. The van der Waals surface area contributed by atoms with E-state index in [1.165, 1.54) is 29.5 Å². The van der Waals surface area contributed by atoms with Crippen LogP contribution in [-0.2, 0) is 6.42 Å². The fourth-order valence-electron chi connectivity index (χ4n) is 2.87. The largest absolute Gasteiger partial charge is 0.388 e. The van der Waals surface area contributed by atoms with Crippen LogP contribution in [0.3, 0.4) is 0 Å². The molecule has 4 nitrogen and oxygen atoms in total. The Morgan fingerprint density at radius 2 is 2.31 bits per heavy atom. The van der Waals surface area contributed by atoms with Crippen molar-refractivity contribution in [1.82, 2.24) is 10.3 Å². The van der Waals surface area contributed by atoms with Crippen LogP contribution in [0, 0.1) is 5.92 Å². The Morgan fingerprint density at radius 3 is 3.31 bits per heavy atom. The fourth-order valence-corrected chi connectivity index (χ4v) is 2.87. The topological polar surface area (TPSA) is 49.6 Å². The predicted molar refractivity (Wildman–Crippen MR) is 61.0 cm³/mol. The number of aromatic nitrogens is 1. The summed E-state index contributed by atoms with van der Waals surface area (Å²) in [6.07, 6.45) is 5.16. The maximum atomic E-state index is 4.60. The van der Waals surface area contributed by atoms with Crippen molar-refractivity contribution in [1.29, 1.82) is 0 Å². The molecular weight excluding hydrogens is 200 g/mol. The summed E-state index contributed by atoms with van der Waals surface area (Å²) < 4.78 is 0. The minimum absolute atomic E-state index is 0.717. The normalized spacial score (nSPS) is 24.5. The molecule has 4 rings (SSSR count). The summed E-state index contributed by atoms with van der Waals surface area (Å²) in [5, 5.41) is 4.78. The van der Waals surface area contributed by atoms with Gasteiger partial charge in [-0.3, -0.25) is 0 Å². The maximum Gasteiger partial charge on any atom is 0.179 e. The van der Waals surface area contributed by atoms with Gasteiger partial charge < -0.3 is 5.32 Å². The van der Waals surface area contributed by atoms with Crippen molar-refractivity contribution in [2.75, 3.05) is 6.54 Å². The molecule has 80 valence electrons. The Morgan fingerprint density at radius 1 is 1.31 bits per heavy atom. The zero-order valence-electron chi connectivity index (χ0n) is 8.90. The van der Waals surface area contributed by atoms with Crippen molar-refractivity contribution >= 4 is 17.7 Å². The van der Waals surface area contributed by atoms with Crippen molar-refractivity contribution < 1.29 is 0 Å². The molecule has 3 aliphatic rings. The quantitative estimate of drug-likeness (QED) is 0.660. The smallest absolute Gasteiger partial charge is 0.179 e. The van der Waals surface area contributed by atoms with Gasteiger partial charge in [-0.2, -0.15) is 0 Å². The van der Waals surface area contributed by atoms with E-state index in [4.69, 9.17) is 0 Å². The lowest BCUT2D eigenvalue weighted by Crippen LogP contribution is -2.30. The Hall–Kier alpha value is -1.71. The van der Waals surface area contributed by atoms with E-state index >= 15 is 0 Å². The van der Waals surface area contributed by atoms with Crippen LogP contribution in [0.4, 0.5) is 5.69 Å². The molecule has 1 atom stereocenters. The zero-order chi connectivity index (χ0) is 10.5. The molecule has 1 fully saturated rings. The van der Waals surface area contributed by atoms with Crippen molar-refractivity contribution in [2.45, 2.75) is 19.3 Å². The molecular formula is C12H12N4. The molecule has 1 saturated heterocycles. The van der Waals surface area contributed by atoms with E-state index in [0.29, 0.717) is 0 Å². The highest BCUT2D eigenvalue weighted by molar-refractivity contribution is 5.66. The van der Waals surface area contributed by atoms with Crippen LogP contribution >= 0.6 is 0 Å². The summed E-state index contributed by atoms with van der Waals surface area (Å²) in [5.74, 6) is 0.717. The second kappa shape index (κ2) is 2.90. The molecule has 1 aromatic heterocycles. The summed E-state index contributed by atoms with van der Waals surface area (Å²) in [6, 6.07) is 2.14. The first-order valence-electron chi connectivity index (χ1n) is 5.80. The first-order chi connectivity index (χ1) is 7.92. The van der Waals surface area contributed by atoms with Crippen LogP contribution < -0.4 is 16.0 Å². The van der Waals surface area contributed by atoms with Crippen LogP contribution in [-0.4, -0.2) is 17.9 Å². The number of fused-ring (bicyclic) bond motifs is 3. The van der Waals surface area contributed by atoms with Gasteiger partial charge in [0, 0.05) is 23.4 Å². The lowest BCUT2D eigenvalue weighted by molar-refractivity contribution is 0.589. The van der Waals surface area contributed by atoms with Crippen LogP contribution in [0.1, 0.15) is 18.5 Å². The lowest BCUT2D eigenvalue weighted by atomic mass is 9.91. The number of pyridine rings is 1. The first kappa shape index (κ1) is 8.44. The van der Waals surface area contributed by atoms with Gasteiger partial charge in [-0.25, -0.2) is 15.0 Å². The third kappa shape index (κ3) is 1.01. The molecule has 16 heavy (non-hydrogen) atoms. The third-order valence-corrected chi connectivity index (χ3v) is 3.68. The minimum atomic E-state index is 0.717. The number of nitrogens with zero attached hydrogens (tertiary/aromatic N) is 3. The molecule has 1 aromatic rings. The van der Waals surface area contributed by atoms with Crippen molar-refractivity contribution in [3.05, 3.63) is 22.5 Å². The van der Waals surface area contributed by atoms with E-state index in [0.717, 1.165) is 30.1 Å². The van der Waals surface area contributed by atoms with E-state index in [-0.39, 0.29) is 0 Å². The van der Waals surface area contributed by atoms with Crippen LogP contribution in [0.5, 0.6) is 0 Å². The summed E-state index contributed by atoms with van der Waals surface area (Å²) in [7, 11) is 0.